The predicted octanol–water partition coefficient (Wildman–Crippen LogP) is 2.84. The van der Waals surface area contributed by atoms with Crippen LogP contribution in [0.3, 0.4) is 0 Å². The largest absolute Gasteiger partial charge is 0.313 e. The maximum absolute atomic E-state index is 6.15. The van der Waals surface area contributed by atoms with Gasteiger partial charge in [-0.25, -0.2) is 0 Å². The molecule has 0 aliphatic rings. The second kappa shape index (κ2) is 5.14. The molecule has 2 rings (SSSR count). The van der Waals surface area contributed by atoms with Crippen LogP contribution < -0.4 is 5.32 Å². The SMILES string of the molecule is CCNCc1cn[nH]c1-c1ccccc1Cl. The number of aromatic amines is 1. The summed E-state index contributed by atoms with van der Waals surface area (Å²) in [7, 11) is 0. The fraction of sp³-hybridized carbons (Fsp3) is 0.250. The summed E-state index contributed by atoms with van der Waals surface area (Å²) in [6.07, 6.45) is 1.83. The van der Waals surface area contributed by atoms with Gasteiger partial charge in [0.05, 0.1) is 11.9 Å². The summed E-state index contributed by atoms with van der Waals surface area (Å²) in [6, 6.07) is 7.77. The molecular weight excluding hydrogens is 222 g/mol. The maximum atomic E-state index is 6.15. The zero-order valence-electron chi connectivity index (χ0n) is 9.13. The van der Waals surface area contributed by atoms with Crippen molar-refractivity contribution in [2.75, 3.05) is 6.54 Å². The molecule has 0 amide bonds. The Balaban J connectivity index is 2.33. The third-order valence-corrected chi connectivity index (χ3v) is 2.76. The average molecular weight is 236 g/mol. The lowest BCUT2D eigenvalue weighted by Crippen LogP contribution is -2.11. The van der Waals surface area contributed by atoms with E-state index in [0.717, 1.165) is 34.9 Å². The molecule has 2 N–H and O–H groups in total. The van der Waals surface area contributed by atoms with Gasteiger partial charge in [0.2, 0.25) is 0 Å². The van der Waals surface area contributed by atoms with Crippen LogP contribution in [0.5, 0.6) is 0 Å². The summed E-state index contributed by atoms with van der Waals surface area (Å²) in [4.78, 5) is 0. The topological polar surface area (TPSA) is 40.7 Å². The first kappa shape index (κ1) is 11.2. The van der Waals surface area contributed by atoms with Gasteiger partial charge in [0.25, 0.3) is 0 Å². The van der Waals surface area contributed by atoms with Gasteiger partial charge in [0.15, 0.2) is 0 Å². The lowest BCUT2D eigenvalue weighted by atomic mass is 10.1. The van der Waals surface area contributed by atoms with E-state index in [1.54, 1.807) is 0 Å². The van der Waals surface area contributed by atoms with E-state index in [9.17, 15) is 0 Å². The monoisotopic (exact) mass is 235 g/mol. The molecule has 1 heterocycles. The van der Waals surface area contributed by atoms with E-state index in [0.29, 0.717) is 0 Å². The zero-order valence-corrected chi connectivity index (χ0v) is 9.88. The molecule has 0 aliphatic heterocycles. The van der Waals surface area contributed by atoms with E-state index < -0.39 is 0 Å². The van der Waals surface area contributed by atoms with Crippen molar-refractivity contribution in [3.8, 4) is 11.3 Å². The van der Waals surface area contributed by atoms with E-state index >= 15 is 0 Å². The van der Waals surface area contributed by atoms with E-state index in [1.165, 1.54) is 0 Å². The molecule has 0 aliphatic carbocycles. The summed E-state index contributed by atoms with van der Waals surface area (Å²) in [5.74, 6) is 0. The predicted molar refractivity (Wildman–Crippen MR) is 66.4 cm³/mol. The number of H-pyrrole nitrogens is 1. The molecule has 2 aromatic rings. The molecule has 1 aromatic heterocycles. The number of nitrogens with one attached hydrogen (secondary N) is 2. The standard InChI is InChI=1S/C12H14ClN3/c1-2-14-7-9-8-15-16-12(9)10-5-3-4-6-11(10)13/h3-6,8,14H,2,7H2,1H3,(H,15,16). The quantitative estimate of drug-likeness (QED) is 0.856. The molecule has 84 valence electrons. The summed E-state index contributed by atoms with van der Waals surface area (Å²) in [6.45, 7) is 3.82. The van der Waals surface area contributed by atoms with Crippen LogP contribution >= 0.6 is 11.6 Å². The third kappa shape index (κ3) is 2.26. The van der Waals surface area contributed by atoms with E-state index in [1.807, 2.05) is 30.5 Å². The average Bonchev–Trinajstić information content (AvgIpc) is 2.75. The molecule has 0 atom stereocenters. The van der Waals surface area contributed by atoms with Crippen molar-refractivity contribution in [3.63, 3.8) is 0 Å². The first-order chi connectivity index (χ1) is 7.83. The molecule has 0 spiro atoms. The van der Waals surface area contributed by atoms with Gasteiger partial charge in [-0.3, -0.25) is 5.10 Å². The summed E-state index contributed by atoms with van der Waals surface area (Å²) >= 11 is 6.15. The Hall–Kier alpha value is -1.32. The maximum Gasteiger partial charge on any atom is 0.0710 e. The Kier molecular flexibility index (Phi) is 3.59. The van der Waals surface area contributed by atoms with Crippen LogP contribution in [-0.2, 0) is 6.54 Å². The van der Waals surface area contributed by atoms with E-state index in [-0.39, 0.29) is 0 Å². The number of aromatic nitrogens is 2. The number of halogens is 1. The van der Waals surface area contributed by atoms with Gasteiger partial charge in [-0.05, 0) is 12.6 Å². The van der Waals surface area contributed by atoms with Crippen LogP contribution in [0, 0.1) is 0 Å². The first-order valence-electron chi connectivity index (χ1n) is 5.30. The highest BCUT2D eigenvalue weighted by Gasteiger charge is 2.09. The minimum atomic E-state index is 0.740. The molecule has 0 saturated heterocycles. The number of hydrogen-bond acceptors (Lipinski definition) is 2. The normalized spacial score (nSPS) is 10.6. The number of hydrogen-bond donors (Lipinski definition) is 2. The van der Waals surface area contributed by atoms with Crippen LogP contribution in [0.15, 0.2) is 30.5 Å². The van der Waals surface area contributed by atoms with Crippen LogP contribution in [0.2, 0.25) is 5.02 Å². The smallest absolute Gasteiger partial charge is 0.0710 e. The molecule has 16 heavy (non-hydrogen) atoms. The van der Waals surface area contributed by atoms with Gasteiger partial charge >= 0.3 is 0 Å². The molecular formula is C12H14ClN3. The molecule has 1 aromatic carbocycles. The van der Waals surface area contributed by atoms with Crippen LogP contribution in [0.4, 0.5) is 0 Å². The minimum absolute atomic E-state index is 0.740. The Morgan fingerprint density at radius 2 is 2.19 bits per heavy atom. The molecule has 4 heteroatoms. The second-order valence-corrected chi connectivity index (χ2v) is 3.94. The summed E-state index contributed by atoms with van der Waals surface area (Å²) in [5.41, 5.74) is 3.12. The summed E-state index contributed by atoms with van der Waals surface area (Å²) in [5, 5.41) is 11.1. The van der Waals surface area contributed by atoms with Gasteiger partial charge in [0, 0.05) is 22.7 Å². The van der Waals surface area contributed by atoms with Crippen molar-refractivity contribution in [2.45, 2.75) is 13.5 Å². The van der Waals surface area contributed by atoms with Gasteiger partial charge in [-0.15, -0.1) is 0 Å². The zero-order chi connectivity index (χ0) is 11.4. The van der Waals surface area contributed by atoms with Gasteiger partial charge in [0.1, 0.15) is 0 Å². The highest BCUT2D eigenvalue weighted by atomic mass is 35.5. The molecule has 0 saturated carbocycles. The lowest BCUT2D eigenvalue weighted by molar-refractivity contribution is 0.728. The number of rotatable bonds is 4. The van der Waals surface area contributed by atoms with Crippen LogP contribution in [0.25, 0.3) is 11.3 Å². The minimum Gasteiger partial charge on any atom is -0.313 e. The Morgan fingerprint density at radius 1 is 1.38 bits per heavy atom. The second-order valence-electron chi connectivity index (χ2n) is 3.53. The van der Waals surface area contributed by atoms with Gasteiger partial charge in [-0.2, -0.15) is 5.10 Å². The Morgan fingerprint density at radius 3 is 2.94 bits per heavy atom. The molecule has 0 radical (unpaired) electrons. The molecule has 0 unspecified atom stereocenters. The fourth-order valence-electron chi connectivity index (χ4n) is 1.60. The lowest BCUT2D eigenvalue weighted by Gasteiger charge is -2.05. The van der Waals surface area contributed by atoms with Crippen LogP contribution in [0.1, 0.15) is 12.5 Å². The van der Waals surface area contributed by atoms with Crippen molar-refractivity contribution in [2.24, 2.45) is 0 Å². The van der Waals surface area contributed by atoms with Gasteiger partial charge in [-0.1, -0.05) is 36.7 Å². The highest BCUT2D eigenvalue weighted by molar-refractivity contribution is 6.33. The Labute approximate surface area is 99.8 Å². The summed E-state index contributed by atoms with van der Waals surface area (Å²) < 4.78 is 0. The molecule has 0 fully saturated rings. The van der Waals surface area contributed by atoms with E-state index in [2.05, 4.69) is 22.4 Å². The number of nitrogens with zero attached hydrogens (tertiary/aromatic N) is 1. The third-order valence-electron chi connectivity index (χ3n) is 2.43. The van der Waals surface area contributed by atoms with Crippen molar-refractivity contribution in [1.29, 1.82) is 0 Å². The molecule has 3 nitrogen and oxygen atoms in total. The fourth-order valence-corrected chi connectivity index (χ4v) is 1.83. The van der Waals surface area contributed by atoms with Crippen molar-refractivity contribution in [1.82, 2.24) is 15.5 Å². The van der Waals surface area contributed by atoms with Crippen molar-refractivity contribution >= 4 is 11.6 Å². The van der Waals surface area contributed by atoms with Crippen LogP contribution in [-0.4, -0.2) is 16.7 Å². The first-order valence-corrected chi connectivity index (χ1v) is 5.68. The Bertz CT molecular complexity index is 465. The number of benzene rings is 1. The highest BCUT2D eigenvalue weighted by Crippen LogP contribution is 2.28. The van der Waals surface area contributed by atoms with Crippen molar-refractivity contribution in [3.05, 3.63) is 41.0 Å². The van der Waals surface area contributed by atoms with E-state index in [4.69, 9.17) is 11.6 Å². The van der Waals surface area contributed by atoms with Crippen molar-refractivity contribution < 1.29 is 0 Å². The van der Waals surface area contributed by atoms with Gasteiger partial charge < -0.3 is 5.32 Å². The molecule has 0 bridgehead atoms.